The highest BCUT2D eigenvalue weighted by Crippen LogP contribution is 2.20. The Morgan fingerprint density at radius 2 is 2.25 bits per heavy atom. The molecule has 0 amide bonds. The maximum Gasteiger partial charge on any atom is 0.270 e. The number of rotatable bonds is 3. The number of benzene rings is 1. The molecule has 84 valence electrons. The van der Waals surface area contributed by atoms with Gasteiger partial charge in [0, 0.05) is 17.2 Å². The lowest BCUT2D eigenvalue weighted by Crippen LogP contribution is -2.63. The third-order valence-electron chi connectivity index (χ3n) is 1.64. The number of nitrogens with zero attached hydrogens (tertiary/aromatic N) is 2. The summed E-state index contributed by atoms with van der Waals surface area (Å²) in [5.74, 6) is -0.315. The predicted molar refractivity (Wildman–Crippen MR) is 56.7 cm³/mol. The summed E-state index contributed by atoms with van der Waals surface area (Å²) in [5.41, 5.74) is 10.2. The van der Waals surface area contributed by atoms with Crippen LogP contribution in [0.5, 0.6) is 5.75 Å². The van der Waals surface area contributed by atoms with Gasteiger partial charge in [0.1, 0.15) is 5.75 Å². The van der Waals surface area contributed by atoms with Crippen molar-refractivity contribution in [1.29, 1.82) is 0 Å². The van der Waals surface area contributed by atoms with Gasteiger partial charge < -0.3 is 16.6 Å². The third-order valence-corrected chi connectivity index (χ3v) is 1.64. The van der Waals surface area contributed by atoms with Crippen molar-refractivity contribution in [3.8, 4) is 5.75 Å². The molecule has 0 aromatic heterocycles. The van der Waals surface area contributed by atoms with Gasteiger partial charge >= 0.3 is 0 Å². The van der Waals surface area contributed by atoms with Crippen molar-refractivity contribution in [2.75, 3.05) is 0 Å². The van der Waals surface area contributed by atoms with Crippen LogP contribution in [0, 0.1) is 10.1 Å². The number of phenols is 1. The molecule has 1 aromatic rings. The topological polar surface area (TPSA) is 142 Å². The van der Waals surface area contributed by atoms with Crippen LogP contribution < -0.4 is 16.6 Å². The van der Waals surface area contributed by atoms with Crippen LogP contribution in [0.2, 0.25) is 0 Å². The lowest BCUT2D eigenvalue weighted by atomic mass is 10.2. The van der Waals surface area contributed by atoms with E-state index < -0.39 is 4.92 Å². The Kier molecular flexibility index (Phi) is 3.38. The Balaban J connectivity index is 3.03. The number of hydrazone groups is 1. The van der Waals surface area contributed by atoms with Crippen LogP contribution in [0.15, 0.2) is 23.3 Å². The molecule has 0 saturated heterocycles. The fourth-order valence-corrected chi connectivity index (χ4v) is 0.947. The maximum absolute atomic E-state index is 10.5. The highest BCUT2D eigenvalue weighted by molar-refractivity contribution is 5.81. The minimum atomic E-state index is -0.572. The molecular formula is C8H10N5O3+. The van der Waals surface area contributed by atoms with E-state index in [2.05, 4.69) is 10.2 Å². The molecule has 0 fully saturated rings. The second kappa shape index (κ2) is 4.73. The van der Waals surface area contributed by atoms with Crippen molar-refractivity contribution in [1.82, 2.24) is 0 Å². The normalized spacial score (nSPS) is 10.2. The first kappa shape index (κ1) is 11.4. The summed E-state index contributed by atoms with van der Waals surface area (Å²) < 4.78 is 0. The predicted octanol–water partition coefficient (Wildman–Crippen LogP) is -2.01. The molecule has 0 bridgehead atoms. The lowest BCUT2D eigenvalue weighted by Gasteiger charge is -1.95. The van der Waals surface area contributed by atoms with Gasteiger partial charge in [0.05, 0.1) is 10.5 Å². The molecule has 0 aliphatic heterocycles. The van der Waals surface area contributed by atoms with Gasteiger partial charge in [-0.25, -0.2) is 0 Å². The van der Waals surface area contributed by atoms with E-state index in [1.807, 2.05) is 0 Å². The molecule has 0 atom stereocenters. The lowest BCUT2D eigenvalue weighted by molar-refractivity contribution is -0.456. The Hall–Kier alpha value is -2.64. The summed E-state index contributed by atoms with van der Waals surface area (Å²) >= 11 is 0. The molecule has 1 aromatic carbocycles. The van der Waals surface area contributed by atoms with Crippen LogP contribution in [-0.2, 0) is 0 Å². The number of aromatic hydroxyl groups is 1. The van der Waals surface area contributed by atoms with Crippen molar-refractivity contribution < 1.29 is 15.1 Å². The van der Waals surface area contributed by atoms with Gasteiger partial charge in [0.25, 0.3) is 11.6 Å². The largest absolute Gasteiger partial charge is 0.507 e. The van der Waals surface area contributed by atoms with Crippen molar-refractivity contribution in [2.45, 2.75) is 0 Å². The molecule has 0 aliphatic rings. The summed E-state index contributed by atoms with van der Waals surface area (Å²) in [4.78, 5) is 9.90. The van der Waals surface area contributed by atoms with Crippen LogP contribution in [0.25, 0.3) is 0 Å². The molecule has 0 saturated carbocycles. The zero-order chi connectivity index (χ0) is 12.1. The Morgan fingerprint density at radius 3 is 2.81 bits per heavy atom. The number of hydrogen-bond acceptors (Lipinski definition) is 4. The van der Waals surface area contributed by atoms with Crippen molar-refractivity contribution >= 4 is 17.9 Å². The van der Waals surface area contributed by atoms with Gasteiger partial charge in [0.2, 0.25) is 6.21 Å². The van der Waals surface area contributed by atoms with E-state index in [1.54, 1.807) is 0 Å². The molecule has 8 heteroatoms. The zero-order valence-electron chi connectivity index (χ0n) is 8.12. The van der Waals surface area contributed by atoms with Crippen LogP contribution in [0.4, 0.5) is 5.69 Å². The van der Waals surface area contributed by atoms with Gasteiger partial charge in [0.15, 0.2) is 0 Å². The van der Waals surface area contributed by atoms with E-state index in [1.165, 1.54) is 24.4 Å². The molecule has 16 heavy (non-hydrogen) atoms. The second-order valence-electron chi connectivity index (χ2n) is 2.81. The summed E-state index contributed by atoms with van der Waals surface area (Å²) in [5, 5.41) is 25.6. The highest BCUT2D eigenvalue weighted by Gasteiger charge is 2.10. The zero-order valence-corrected chi connectivity index (χ0v) is 8.12. The Labute approximate surface area is 90.0 Å². The highest BCUT2D eigenvalue weighted by atomic mass is 16.6. The fourth-order valence-electron chi connectivity index (χ4n) is 0.947. The summed E-state index contributed by atoms with van der Waals surface area (Å²) in [6.45, 7) is 0. The third kappa shape index (κ3) is 2.94. The maximum atomic E-state index is 10.5. The minimum Gasteiger partial charge on any atom is -0.507 e. The monoisotopic (exact) mass is 224 g/mol. The first-order valence-electron chi connectivity index (χ1n) is 4.15. The van der Waals surface area contributed by atoms with Crippen molar-refractivity contribution in [3.05, 3.63) is 33.9 Å². The molecule has 0 radical (unpaired) electrons. The molecule has 8 nitrogen and oxygen atoms in total. The summed E-state index contributed by atoms with van der Waals surface area (Å²) in [7, 11) is 0. The first-order valence-corrected chi connectivity index (χ1v) is 4.15. The van der Waals surface area contributed by atoms with Crippen LogP contribution in [0.1, 0.15) is 5.56 Å². The number of nitrogens with two attached hydrogens (primary N) is 2. The quantitative estimate of drug-likeness (QED) is 0.203. The van der Waals surface area contributed by atoms with Gasteiger partial charge in [-0.15, -0.1) is 5.10 Å². The SMILES string of the molecule is NC(N)=N[NH+]=Cc1cc([N+](=O)[O-])ccc1O. The van der Waals surface area contributed by atoms with Gasteiger partial charge in [-0.1, -0.05) is 0 Å². The number of non-ortho nitro benzene ring substituents is 1. The number of nitrogens with one attached hydrogen (secondary N) is 1. The average Bonchev–Trinajstić information content (AvgIpc) is 2.20. The van der Waals surface area contributed by atoms with Gasteiger partial charge in [-0.3, -0.25) is 10.1 Å². The number of hydrogen-bond donors (Lipinski definition) is 4. The molecular weight excluding hydrogens is 214 g/mol. The Bertz CT molecular complexity index is 465. The van der Waals surface area contributed by atoms with Crippen molar-refractivity contribution in [2.24, 2.45) is 16.6 Å². The Morgan fingerprint density at radius 1 is 1.56 bits per heavy atom. The second-order valence-corrected chi connectivity index (χ2v) is 2.81. The first-order chi connectivity index (χ1) is 7.50. The van der Waals surface area contributed by atoms with E-state index in [4.69, 9.17) is 11.5 Å². The van der Waals surface area contributed by atoms with Crippen molar-refractivity contribution in [3.63, 3.8) is 0 Å². The van der Waals surface area contributed by atoms with Crippen LogP contribution in [-0.4, -0.2) is 22.2 Å². The molecule has 0 spiro atoms. The summed E-state index contributed by atoms with van der Waals surface area (Å²) in [6.07, 6.45) is 1.24. The number of phenolic OH excluding ortho intramolecular Hbond substituents is 1. The molecule has 6 N–H and O–H groups in total. The molecule has 0 aliphatic carbocycles. The summed E-state index contributed by atoms with van der Waals surface area (Å²) in [6, 6.07) is 3.58. The van der Waals surface area contributed by atoms with E-state index in [9.17, 15) is 15.2 Å². The average molecular weight is 224 g/mol. The van der Waals surface area contributed by atoms with Crippen LogP contribution in [0.3, 0.4) is 0 Å². The minimum absolute atomic E-state index is 0.121. The number of nitro groups is 1. The van der Waals surface area contributed by atoms with E-state index in [0.717, 1.165) is 0 Å². The smallest absolute Gasteiger partial charge is 0.270 e. The van der Waals surface area contributed by atoms with E-state index in [-0.39, 0.29) is 23.0 Å². The standard InChI is InChI=1S/C8H9N5O3/c9-8(10)12-11-4-5-3-6(13(15)16)1-2-7(5)14/h1-4,14H,(H4,9,10,12)/p+1. The van der Waals surface area contributed by atoms with Crippen LogP contribution >= 0.6 is 0 Å². The van der Waals surface area contributed by atoms with Gasteiger partial charge in [-0.05, 0) is 6.07 Å². The molecule has 0 unspecified atom stereocenters. The number of guanidine groups is 1. The van der Waals surface area contributed by atoms with E-state index >= 15 is 0 Å². The fraction of sp³-hybridized carbons (Fsp3) is 0. The van der Waals surface area contributed by atoms with E-state index in [0.29, 0.717) is 0 Å². The molecule has 0 heterocycles. The van der Waals surface area contributed by atoms with Gasteiger partial charge in [-0.2, -0.15) is 0 Å². The molecule has 1 rings (SSSR count). The number of nitro benzene ring substituents is 1.